The SMILES string of the molecule is Cc1nc2ccccc2n1CCCNC(=O)C1CNCCO1.Cl.Cl. The summed E-state index contributed by atoms with van der Waals surface area (Å²) in [5.74, 6) is 0.978. The van der Waals surface area contributed by atoms with Gasteiger partial charge in [-0.3, -0.25) is 4.79 Å². The number of amides is 1. The van der Waals surface area contributed by atoms with E-state index in [2.05, 4.69) is 26.3 Å². The van der Waals surface area contributed by atoms with Crippen LogP contribution in [0.3, 0.4) is 0 Å². The third kappa shape index (κ3) is 4.83. The predicted octanol–water partition coefficient (Wildman–Crippen LogP) is 1.68. The molecule has 1 aromatic carbocycles. The second-order valence-electron chi connectivity index (χ2n) is 5.51. The minimum absolute atomic E-state index is 0. The van der Waals surface area contributed by atoms with Crippen LogP contribution in [0.25, 0.3) is 11.0 Å². The van der Waals surface area contributed by atoms with Crippen LogP contribution >= 0.6 is 24.8 Å². The van der Waals surface area contributed by atoms with Crippen molar-refractivity contribution in [1.29, 1.82) is 0 Å². The van der Waals surface area contributed by atoms with Crippen molar-refractivity contribution < 1.29 is 9.53 Å². The molecule has 2 heterocycles. The Morgan fingerprint density at radius 1 is 1.42 bits per heavy atom. The van der Waals surface area contributed by atoms with E-state index < -0.39 is 0 Å². The van der Waals surface area contributed by atoms with Gasteiger partial charge < -0.3 is 19.9 Å². The lowest BCUT2D eigenvalue weighted by atomic mass is 10.3. The molecule has 1 aliphatic rings. The van der Waals surface area contributed by atoms with E-state index in [-0.39, 0.29) is 36.8 Å². The summed E-state index contributed by atoms with van der Waals surface area (Å²) in [6, 6.07) is 8.12. The van der Waals surface area contributed by atoms with Crippen LogP contribution in [0.2, 0.25) is 0 Å². The number of para-hydroxylation sites is 2. The van der Waals surface area contributed by atoms with Crippen LogP contribution in [0, 0.1) is 6.92 Å². The number of halogens is 2. The van der Waals surface area contributed by atoms with Crippen LogP contribution in [-0.4, -0.2) is 47.8 Å². The molecule has 1 aliphatic heterocycles. The van der Waals surface area contributed by atoms with Crippen molar-refractivity contribution >= 4 is 41.8 Å². The Labute approximate surface area is 154 Å². The molecular formula is C16H24Cl2N4O2. The Bertz CT molecular complexity index is 657. The number of morpholine rings is 1. The third-order valence-corrected chi connectivity index (χ3v) is 3.92. The van der Waals surface area contributed by atoms with E-state index in [1.54, 1.807) is 0 Å². The summed E-state index contributed by atoms with van der Waals surface area (Å²) in [5, 5.41) is 6.10. The van der Waals surface area contributed by atoms with Gasteiger partial charge in [-0.25, -0.2) is 4.98 Å². The van der Waals surface area contributed by atoms with Crippen molar-refractivity contribution in [2.75, 3.05) is 26.2 Å². The fourth-order valence-electron chi connectivity index (χ4n) is 2.77. The van der Waals surface area contributed by atoms with E-state index >= 15 is 0 Å². The van der Waals surface area contributed by atoms with Crippen molar-refractivity contribution in [2.24, 2.45) is 0 Å². The number of benzene rings is 1. The van der Waals surface area contributed by atoms with Crippen LogP contribution in [0.1, 0.15) is 12.2 Å². The zero-order valence-corrected chi connectivity index (χ0v) is 15.3. The van der Waals surface area contributed by atoms with Gasteiger partial charge in [-0.2, -0.15) is 0 Å². The highest BCUT2D eigenvalue weighted by atomic mass is 35.5. The molecule has 1 unspecified atom stereocenters. The standard InChI is InChI=1S/C16H22N4O2.2ClH/c1-12-19-13-5-2-3-6-14(13)20(12)9-4-7-18-16(21)15-11-17-8-10-22-15;;/h2-3,5-6,15,17H,4,7-11H2,1H3,(H,18,21);2*1H. The molecule has 0 bridgehead atoms. The first-order valence-corrected chi connectivity index (χ1v) is 7.77. The zero-order valence-electron chi connectivity index (χ0n) is 13.7. The lowest BCUT2D eigenvalue weighted by Gasteiger charge is -2.22. The third-order valence-electron chi connectivity index (χ3n) is 3.92. The molecule has 1 fully saturated rings. The first-order chi connectivity index (χ1) is 10.8. The number of imidazole rings is 1. The highest BCUT2D eigenvalue weighted by Crippen LogP contribution is 2.15. The van der Waals surface area contributed by atoms with Crippen LogP contribution in [-0.2, 0) is 16.1 Å². The van der Waals surface area contributed by atoms with Gasteiger partial charge in [0, 0.05) is 26.2 Å². The monoisotopic (exact) mass is 374 g/mol. The number of fused-ring (bicyclic) bond motifs is 1. The van der Waals surface area contributed by atoms with Gasteiger partial charge in [0.2, 0.25) is 5.91 Å². The number of aryl methyl sites for hydroxylation is 2. The summed E-state index contributed by atoms with van der Waals surface area (Å²) < 4.78 is 7.62. The Kier molecular flexibility index (Phi) is 8.48. The van der Waals surface area contributed by atoms with Crippen molar-refractivity contribution in [3.05, 3.63) is 30.1 Å². The quantitative estimate of drug-likeness (QED) is 0.781. The van der Waals surface area contributed by atoms with Gasteiger partial charge in [0.1, 0.15) is 11.9 Å². The second-order valence-corrected chi connectivity index (χ2v) is 5.51. The maximum absolute atomic E-state index is 11.9. The van der Waals surface area contributed by atoms with Gasteiger partial charge in [-0.15, -0.1) is 24.8 Å². The number of aromatic nitrogens is 2. The molecule has 0 aliphatic carbocycles. The molecule has 134 valence electrons. The summed E-state index contributed by atoms with van der Waals surface area (Å²) in [4.78, 5) is 16.5. The van der Waals surface area contributed by atoms with E-state index in [0.717, 1.165) is 36.4 Å². The number of rotatable bonds is 5. The average Bonchev–Trinajstić information content (AvgIpc) is 2.88. The molecule has 1 atom stereocenters. The Morgan fingerprint density at radius 2 is 2.21 bits per heavy atom. The highest BCUT2D eigenvalue weighted by Gasteiger charge is 2.20. The van der Waals surface area contributed by atoms with Crippen molar-refractivity contribution in [3.8, 4) is 0 Å². The Balaban J connectivity index is 0.00000144. The predicted molar refractivity (Wildman–Crippen MR) is 99.2 cm³/mol. The molecule has 24 heavy (non-hydrogen) atoms. The maximum Gasteiger partial charge on any atom is 0.250 e. The maximum atomic E-state index is 11.9. The van der Waals surface area contributed by atoms with E-state index in [1.807, 2.05) is 25.1 Å². The van der Waals surface area contributed by atoms with E-state index in [0.29, 0.717) is 19.7 Å². The topological polar surface area (TPSA) is 68.2 Å². The number of nitrogens with one attached hydrogen (secondary N) is 2. The van der Waals surface area contributed by atoms with Gasteiger partial charge in [0.15, 0.2) is 0 Å². The van der Waals surface area contributed by atoms with Crippen LogP contribution < -0.4 is 10.6 Å². The van der Waals surface area contributed by atoms with E-state index in [4.69, 9.17) is 4.74 Å². The first-order valence-electron chi connectivity index (χ1n) is 7.77. The number of hydrogen-bond acceptors (Lipinski definition) is 4. The Hall–Kier alpha value is -1.34. The van der Waals surface area contributed by atoms with Gasteiger partial charge in [0.25, 0.3) is 0 Å². The molecule has 8 heteroatoms. The summed E-state index contributed by atoms with van der Waals surface area (Å²) in [6.07, 6.45) is 0.511. The van der Waals surface area contributed by atoms with Crippen LogP contribution in [0.5, 0.6) is 0 Å². The van der Waals surface area contributed by atoms with Gasteiger partial charge in [-0.1, -0.05) is 12.1 Å². The molecule has 0 spiro atoms. The molecule has 0 saturated carbocycles. The molecule has 3 rings (SSSR count). The van der Waals surface area contributed by atoms with Gasteiger partial charge >= 0.3 is 0 Å². The number of hydrogen-bond donors (Lipinski definition) is 2. The number of ether oxygens (including phenoxy) is 1. The molecule has 1 aromatic heterocycles. The average molecular weight is 375 g/mol. The van der Waals surface area contributed by atoms with Crippen LogP contribution in [0.4, 0.5) is 0 Å². The molecule has 1 saturated heterocycles. The normalized spacial score (nSPS) is 17.0. The smallest absolute Gasteiger partial charge is 0.250 e. The number of nitrogens with zero attached hydrogens (tertiary/aromatic N) is 2. The molecule has 1 amide bonds. The molecule has 6 nitrogen and oxygen atoms in total. The van der Waals surface area contributed by atoms with Crippen molar-refractivity contribution in [2.45, 2.75) is 26.0 Å². The first kappa shape index (κ1) is 20.7. The van der Waals surface area contributed by atoms with Crippen molar-refractivity contribution in [3.63, 3.8) is 0 Å². The summed E-state index contributed by atoms with van der Waals surface area (Å²) in [6.45, 7) is 5.51. The number of carbonyl (C=O) groups is 1. The lowest BCUT2D eigenvalue weighted by molar-refractivity contribution is -0.134. The molecular weight excluding hydrogens is 351 g/mol. The van der Waals surface area contributed by atoms with Crippen molar-refractivity contribution in [1.82, 2.24) is 20.2 Å². The van der Waals surface area contributed by atoms with Crippen LogP contribution in [0.15, 0.2) is 24.3 Å². The largest absolute Gasteiger partial charge is 0.366 e. The fourth-order valence-corrected chi connectivity index (χ4v) is 2.77. The molecule has 2 aromatic rings. The minimum Gasteiger partial charge on any atom is -0.366 e. The summed E-state index contributed by atoms with van der Waals surface area (Å²) in [5.41, 5.74) is 2.16. The van der Waals surface area contributed by atoms with E-state index in [9.17, 15) is 4.79 Å². The van der Waals surface area contributed by atoms with Gasteiger partial charge in [0.05, 0.1) is 17.6 Å². The lowest BCUT2D eigenvalue weighted by Crippen LogP contribution is -2.48. The molecule has 0 radical (unpaired) electrons. The second kappa shape index (κ2) is 9.84. The molecule has 2 N–H and O–H groups in total. The summed E-state index contributed by atoms with van der Waals surface area (Å²) >= 11 is 0. The minimum atomic E-state index is -0.357. The zero-order chi connectivity index (χ0) is 15.4. The Morgan fingerprint density at radius 3 is 2.96 bits per heavy atom. The van der Waals surface area contributed by atoms with E-state index in [1.165, 1.54) is 0 Å². The highest BCUT2D eigenvalue weighted by molar-refractivity contribution is 5.85. The summed E-state index contributed by atoms with van der Waals surface area (Å²) in [7, 11) is 0. The van der Waals surface area contributed by atoms with Gasteiger partial charge in [-0.05, 0) is 25.5 Å². The fraction of sp³-hybridized carbons (Fsp3) is 0.500. The number of carbonyl (C=O) groups excluding carboxylic acids is 1.